The second kappa shape index (κ2) is 3.46. The molecule has 4 heteroatoms. The minimum Gasteiger partial charge on any atom is -0.397 e. The van der Waals surface area contributed by atoms with Gasteiger partial charge >= 0.3 is 0 Å². The second-order valence-electron chi connectivity index (χ2n) is 3.57. The molecule has 1 heterocycles. The summed E-state index contributed by atoms with van der Waals surface area (Å²) in [6, 6.07) is 4.64. The Morgan fingerprint density at radius 3 is 2.86 bits per heavy atom. The fraction of sp³-hybridized carbons (Fsp3) is 0.400. The third kappa shape index (κ3) is 1.53. The highest BCUT2D eigenvalue weighted by molar-refractivity contribution is 5.68. The number of hydrogen-bond acceptors (Lipinski definition) is 3. The zero-order chi connectivity index (χ0) is 10.1. The zero-order valence-electron chi connectivity index (χ0n) is 7.78. The molecule has 76 valence electrons. The summed E-state index contributed by atoms with van der Waals surface area (Å²) in [6.07, 6.45) is 0.308. The number of β-amino-alcohol motifs (C(OH)–C–C–N with tert-alkyl or cyclic N) is 1. The predicted molar refractivity (Wildman–Crippen MR) is 53.6 cm³/mol. The first-order valence-corrected chi connectivity index (χ1v) is 4.65. The summed E-state index contributed by atoms with van der Waals surface area (Å²) >= 11 is 0. The lowest BCUT2D eigenvalue weighted by Gasteiger charge is -2.20. The molecule has 0 aliphatic carbocycles. The van der Waals surface area contributed by atoms with Crippen molar-refractivity contribution in [3.8, 4) is 0 Å². The molecule has 3 N–H and O–H groups in total. The van der Waals surface area contributed by atoms with Gasteiger partial charge in [0, 0.05) is 13.1 Å². The van der Waals surface area contributed by atoms with Gasteiger partial charge in [0.1, 0.15) is 5.82 Å². The van der Waals surface area contributed by atoms with Crippen molar-refractivity contribution in [1.29, 1.82) is 0 Å². The molecule has 1 aliphatic heterocycles. The lowest BCUT2D eigenvalue weighted by atomic mass is 10.2. The van der Waals surface area contributed by atoms with Crippen LogP contribution in [0.15, 0.2) is 18.2 Å². The van der Waals surface area contributed by atoms with Crippen LogP contribution in [0, 0.1) is 5.82 Å². The van der Waals surface area contributed by atoms with Crippen molar-refractivity contribution in [3.05, 3.63) is 24.0 Å². The number of nitrogens with zero attached hydrogens (tertiary/aromatic N) is 1. The van der Waals surface area contributed by atoms with E-state index in [4.69, 9.17) is 5.73 Å². The fourth-order valence-electron chi connectivity index (χ4n) is 1.81. The van der Waals surface area contributed by atoms with Gasteiger partial charge in [-0.05, 0) is 18.6 Å². The molecule has 1 aromatic carbocycles. The highest BCUT2D eigenvalue weighted by atomic mass is 19.1. The summed E-state index contributed by atoms with van der Waals surface area (Å²) in [4.78, 5) is 1.79. The van der Waals surface area contributed by atoms with Crippen molar-refractivity contribution in [3.63, 3.8) is 0 Å². The van der Waals surface area contributed by atoms with Gasteiger partial charge in [0.25, 0.3) is 0 Å². The Morgan fingerprint density at radius 2 is 2.29 bits per heavy atom. The van der Waals surface area contributed by atoms with E-state index in [1.807, 2.05) is 0 Å². The van der Waals surface area contributed by atoms with Gasteiger partial charge in [-0.1, -0.05) is 6.07 Å². The topological polar surface area (TPSA) is 49.5 Å². The molecule has 0 bridgehead atoms. The fourth-order valence-corrected chi connectivity index (χ4v) is 1.81. The maximum Gasteiger partial charge on any atom is 0.148 e. The Balaban J connectivity index is 2.31. The van der Waals surface area contributed by atoms with E-state index in [0.29, 0.717) is 30.9 Å². The van der Waals surface area contributed by atoms with Crippen LogP contribution in [0.2, 0.25) is 0 Å². The van der Waals surface area contributed by atoms with Crippen molar-refractivity contribution in [2.24, 2.45) is 0 Å². The third-order valence-corrected chi connectivity index (χ3v) is 2.50. The first kappa shape index (κ1) is 9.27. The number of aliphatic hydroxyl groups is 1. The molecule has 1 saturated heterocycles. The van der Waals surface area contributed by atoms with Crippen LogP contribution in [0.5, 0.6) is 0 Å². The normalized spacial score (nSPS) is 21.6. The smallest absolute Gasteiger partial charge is 0.148 e. The highest BCUT2D eigenvalue weighted by Crippen LogP contribution is 2.29. The summed E-state index contributed by atoms with van der Waals surface area (Å²) in [7, 11) is 0. The van der Waals surface area contributed by atoms with Crippen molar-refractivity contribution in [1.82, 2.24) is 0 Å². The Kier molecular flexibility index (Phi) is 2.29. The van der Waals surface area contributed by atoms with E-state index in [0.717, 1.165) is 0 Å². The van der Waals surface area contributed by atoms with E-state index >= 15 is 0 Å². The molecule has 1 aliphatic rings. The van der Waals surface area contributed by atoms with E-state index in [9.17, 15) is 9.50 Å². The summed E-state index contributed by atoms with van der Waals surface area (Å²) in [5.41, 5.74) is 6.53. The monoisotopic (exact) mass is 196 g/mol. The Bertz CT molecular complexity index is 323. The number of hydrogen-bond donors (Lipinski definition) is 2. The van der Waals surface area contributed by atoms with Gasteiger partial charge in [-0.15, -0.1) is 0 Å². The molecule has 1 fully saturated rings. The van der Waals surface area contributed by atoms with Gasteiger partial charge in [-0.25, -0.2) is 4.39 Å². The van der Waals surface area contributed by atoms with E-state index in [-0.39, 0.29) is 11.9 Å². The van der Waals surface area contributed by atoms with Crippen LogP contribution < -0.4 is 10.6 Å². The third-order valence-electron chi connectivity index (χ3n) is 2.50. The number of nitrogens with two attached hydrogens (primary N) is 1. The average molecular weight is 196 g/mol. The Hall–Kier alpha value is -1.29. The maximum absolute atomic E-state index is 13.4. The lowest BCUT2D eigenvalue weighted by molar-refractivity contribution is 0.198. The molecule has 0 radical (unpaired) electrons. The summed E-state index contributed by atoms with van der Waals surface area (Å²) in [5.74, 6) is -0.320. The van der Waals surface area contributed by atoms with Crippen LogP contribution >= 0.6 is 0 Å². The van der Waals surface area contributed by atoms with Crippen LogP contribution in [0.4, 0.5) is 15.8 Å². The molecule has 3 nitrogen and oxygen atoms in total. The number of halogens is 1. The number of nitrogen functional groups attached to an aromatic ring is 1. The Labute approximate surface area is 81.9 Å². The average Bonchev–Trinajstić information content (AvgIpc) is 2.51. The van der Waals surface area contributed by atoms with Crippen LogP contribution in [0.1, 0.15) is 6.42 Å². The molecular weight excluding hydrogens is 183 g/mol. The van der Waals surface area contributed by atoms with Gasteiger partial charge in [-0.2, -0.15) is 0 Å². The second-order valence-corrected chi connectivity index (χ2v) is 3.57. The summed E-state index contributed by atoms with van der Waals surface area (Å²) in [5, 5.41) is 9.34. The lowest BCUT2D eigenvalue weighted by Crippen LogP contribution is -2.23. The van der Waals surface area contributed by atoms with E-state index in [1.54, 1.807) is 17.0 Å². The highest BCUT2D eigenvalue weighted by Gasteiger charge is 2.23. The quantitative estimate of drug-likeness (QED) is 0.658. The summed E-state index contributed by atoms with van der Waals surface area (Å²) < 4.78 is 13.4. The maximum atomic E-state index is 13.4. The van der Waals surface area contributed by atoms with Gasteiger partial charge in [0.15, 0.2) is 0 Å². The number of para-hydroxylation sites is 1. The van der Waals surface area contributed by atoms with Gasteiger partial charge in [-0.3, -0.25) is 0 Å². The van der Waals surface area contributed by atoms with Crippen molar-refractivity contribution in [2.75, 3.05) is 23.7 Å². The number of anilines is 2. The van der Waals surface area contributed by atoms with E-state index in [2.05, 4.69) is 0 Å². The predicted octanol–water partition coefficient (Wildman–Crippen LogP) is 0.979. The molecule has 0 unspecified atom stereocenters. The Morgan fingerprint density at radius 1 is 1.50 bits per heavy atom. The van der Waals surface area contributed by atoms with Crippen LogP contribution in [-0.2, 0) is 0 Å². The van der Waals surface area contributed by atoms with E-state index in [1.165, 1.54) is 6.07 Å². The molecule has 2 rings (SSSR count). The van der Waals surface area contributed by atoms with E-state index < -0.39 is 0 Å². The largest absolute Gasteiger partial charge is 0.397 e. The first-order chi connectivity index (χ1) is 6.68. The van der Waals surface area contributed by atoms with Gasteiger partial charge < -0.3 is 15.7 Å². The number of aliphatic hydroxyl groups excluding tert-OH is 1. The van der Waals surface area contributed by atoms with Crippen LogP contribution in [0.25, 0.3) is 0 Å². The molecule has 14 heavy (non-hydrogen) atoms. The molecule has 0 saturated carbocycles. The van der Waals surface area contributed by atoms with Gasteiger partial charge in [0.05, 0.1) is 17.5 Å². The molecular formula is C10H13FN2O. The minimum absolute atomic E-state index is 0.320. The SMILES string of the molecule is Nc1cccc(F)c1N1CC[C@H](O)C1. The number of rotatable bonds is 1. The number of benzene rings is 1. The van der Waals surface area contributed by atoms with Crippen molar-refractivity contribution < 1.29 is 9.50 Å². The van der Waals surface area contributed by atoms with Crippen molar-refractivity contribution >= 4 is 11.4 Å². The summed E-state index contributed by atoms with van der Waals surface area (Å²) in [6.45, 7) is 1.12. The zero-order valence-corrected chi connectivity index (χ0v) is 7.78. The van der Waals surface area contributed by atoms with Crippen LogP contribution in [-0.4, -0.2) is 24.3 Å². The molecule has 1 aromatic rings. The molecule has 0 aromatic heterocycles. The minimum atomic E-state index is -0.367. The van der Waals surface area contributed by atoms with Gasteiger partial charge in [0.2, 0.25) is 0 Å². The first-order valence-electron chi connectivity index (χ1n) is 4.65. The molecule has 0 amide bonds. The van der Waals surface area contributed by atoms with Crippen LogP contribution in [0.3, 0.4) is 0 Å². The standard InChI is InChI=1S/C10H13FN2O/c11-8-2-1-3-9(12)10(8)13-5-4-7(14)6-13/h1-3,7,14H,4-6,12H2/t7-/m0/s1. The van der Waals surface area contributed by atoms with Crippen molar-refractivity contribution in [2.45, 2.75) is 12.5 Å². The molecule has 0 spiro atoms. The molecule has 1 atom stereocenters.